The fourth-order valence-corrected chi connectivity index (χ4v) is 4.57. The van der Waals surface area contributed by atoms with Gasteiger partial charge in [0, 0.05) is 5.39 Å². The van der Waals surface area contributed by atoms with Gasteiger partial charge in [-0.25, -0.2) is 9.48 Å². The summed E-state index contributed by atoms with van der Waals surface area (Å²) in [5.41, 5.74) is 1.64. The largest absolute Gasteiger partial charge is 0.485 e. The van der Waals surface area contributed by atoms with Crippen LogP contribution in [-0.4, -0.2) is 46.9 Å². The van der Waals surface area contributed by atoms with Gasteiger partial charge in [-0.1, -0.05) is 30.3 Å². The van der Waals surface area contributed by atoms with Crippen molar-refractivity contribution >= 4 is 39.3 Å². The summed E-state index contributed by atoms with van der Waals surface area (Å²) in [4.78, 5) is 38.2. The molecule has 0 saturated heterocycles. The van der Waals surface area contributed by atoms with Crippen LogP contribution in [0.1, 0.15) is 15.4 Å². The quantitative estimate of drug-likeness (QED) is 0.440. The highest BCUT2D eigenvalue weighted by molar-refractivity contribution is 7.20. The van der Waals surface area contributed by atoms with Gasteiger partial charge in [0.2, 0.25) is 6.10 Å². The van der Waals surface area contributed by atoms with Gasteiger partial charge in [-0.15, -0.1) is 11.3 Å². The molecule has 0 bridgehead atoms. The first-order chi connectivity index (χ1) is 16.5. The number of amides is 2. The number of fused-ring (bicyclic) bond motifs is 2. The third-order valence-corrected chi connectivity index (χ3v) is 6.24. The van der Waals surface area contributed by atoms with Crippen molar-refractivity contribution in [3.63, 3.8) is 0 Å². The normalized spacial score (nSPS) is 14.6. The molecule has 10 heteroatoms. The highest BCUT2D eigenvalue weighted by Gasteiger charge is 2.29. The molecule has 0 spiro atoms. The van der Waals surface area contributed by atoms with Crippen molar-refractivity contribution in [3.05, 3.63) is 71.2 Å². The number of nitrogens with zero attached hydrogens (tertiary/aromatic N) is 2. The van der Waals surface area contributed by atoms with Crippen LogP contribution in [-0.2, 0) is 14.3 Å². The van der Waals surface area contributed by atoms with Crippen molar-refractivity contribution in [3.8, 4) is 17.2 Å². The maximum Gasteiger partial charge on any atom is 0.348 e. The van der Waals surface area contributed by atoms with Gasteiger partial charge in [0.1, 0.15) is 16.3 Å². The minimum atomic E-state index is -0.985. The Morgan fingerprint density at radius 3 is 2.65 bits per heavy atom. The van der Waals surface area contributed by atoms with Gasteiger partial charge in [-0.2, -0.15) is 5.10 Å². The van der Waals surface area contributed by atoms with Gasteiger partial charge in [-0.3, -0.25) is 14.9 Å². The Morgan fingerprint density at radius 1 is 1.12 bits per heavy atom. The van der Waals surface area contributed by atoms with Gasteiger partial charge >= 0.3 is 5.97 Å². The molecule has 0 aliphatic carbocycles. The van der Waals surface area contributed by atoms with E-state index in [4.69, 9.17) is 14.2 Å². The second-order valence-electron chi connectivity index (χ2n) is 7.52. The second kappa shape index (κ2) is 8.99. The molecule has 1 aliphatic rings. The number of rotatable bonds is 5. The standard InChI is InChI=1S/C24H19N3O6S/c1-14-16-11-20(34-23(16)27(26-14)15-7-3-2-4-8-15)24(30)32-13-21(28)25-22(29)19-12-31-17-9-5-6-10-18(17)33-19/h2-11,19H,12-13H2,1H3,(H,25,28,29)/t19-/m0/s1. The highest BCUT2D eigenvalue weighted by atomic mass is 32.1. The van der Waals surface area contributed by atoms with Crippen molar-refractivity contribution in [2.45, 2.75) is 13.0 Å². The molecule has 1 aliphatic heterocycles. The van der Waals surface area contributed by atoms with Gasteiger partial charge in [0.25, 0.3) is 11.8 Å². The van der Waals surface area contributed by atoms with Crippen LogP contribution >= 0.6 is 11.3 Å². The first-order valence-corrected chi connectivity index (χ1v) is 11.2. The number of para-hydroxylation sites is 3. The van der Waals surface area contributed by atoms with Gasteiger partial charge < -0.3 is 14.2 Å². The number of ether oxygens (including phenoxy) is 3. The Balaban J connectivity index is 1.20. The van der Waals surface area contributed by atoms with Gasteiger partial charge in [0.05, 0.1) is 11.4 Å². The number of aryl methyl sites for hydroxylation is 1. The van der Waals surface area contributed by atoms with Crippen molar-refractivity contribution in [2.24, 2.45) is 0 Å². The van der Waals surface area contributed by atoms with Crippen molar-refractivity contribution in [2.75, 3.05) is 13.2 Å². The van der Waals surface area contributed by atoms with E-state index in [0.29, 0.717) is 16.4 Å². The zero-order valence-electron chi connectivity index (χ0n) is 18.0. The molecule has 172 valence electrons. The van der Waals surface area contributed by atoms with E-state index in [1.54, 1.807) is 35.0 Å². The van der Waals surface area contributed by atoms with Crippen LogP contribution in [0.5, 0.6) is 11.5 Å². The summed E-state index contributed by atoms with van der Waals surface area (Å²) < 4.78 is 17.9. The minimum absolute atomic E-state index is 0.0323. The van der Waals surface area contributed by atoms with Crippen molar-refractivity contribution < 1.29 is 28.6 Å². The Bertz CT molecular complexity index is 1390. The smallest absolute Gasteiger partial charge is 0.348 e. The summed E-state index contributed by atoms with van der Waals surface area (Å²) in [6, 6.07) is 18.2. The second-order valence-corrected chi connectivity index (χ2v) is 8.55. The summed E-state index contributed by atoms with van der Waals surface area (Å²) in [5, 5.41) is 7.54. The molecule has 2 amide bonds. The maximum atomic E-state index is 12.5. The number of imide groups is 1. The van der Waals surface area contributed by atoms with Crippen LogP contribution in [0.15, 0.2) is 60.7 Å². The monoisotopic (exact) mass is 477 g/mol. The molecule has 4 aromatic rings. The first kappa shape index (κ1) is 21.7. The molecule has 0 saturated carbocycles. The van der Waals surface area contributed by atoms with Crippen molar-refractivity contribution in [1.29, 1.82) is 0 Å². The molecule has 3 heterocycles. The molecule has 0 fully saturated rings. The summed E-state index contributed by atoms with van der Waals surface area (Å²) in [6.45, 7) is 1.22. The fourth-order valence-electron chi connectivity index (χ4n) is 3.50. The van der Waals surface area contributed by atoms with Crippen LogP contribution < -0.4 is 14.8 Å². The summed E-state index contributed by atoms with van der Waals surface area (Å²) in [5.74, 6) is -1.14. The number of thiophene rings is 1. The molecule has 9 nitrogen and oxygen atoms in total. The van der Waals surface area contributed by atoms with E-state index in [9.17, 15) is 14.4 Å². The Hall–Kier alpha value is -4.18. The molecular weight excluding hydrogens is 458 g/mol. The molecule has 0 unspecified atom stereocenters. The number of carbonyl (C=O) groups excluding carboxylic acids is 3. The average molecular weight is 477 g/mol. The lowest BCUT2D eigenvalue weighted by Gasteiger charge is -2.25. The fraction of sp³-hybridized carbons (Fsp3) is 0.167. The highest BCUT2D eigenvalue weighted by Crippen LogP contribution is 2.32. The van der Waals surface area contributed by atoms with Crippen LogP contribution in [0.3, 0.4) is 0 Å². The number of hydrogen-bond donors (Lipinski definition) is 1. The van der Waals surface area contributed by atoms with E-state index in [1.807, 2.05) is 37.3 Å². The van der Waals surface area contributed by atoms with Crippen LogP contribution in [0.2, 0.25) is 0 Å². The van der Waals surface area contributed by atoms with E-state index in [-0.39, 0.29) is 6.61 Å². The Kier molecular flexibility index (Phi) is 5.72. The Labute approximate surface area is 197 Å². The predicted molar refractivity (Wildman–Crippen MR) is 123 cm³/mol. The zero-order valence-corrected chi connectivity index (χ0v) is 18.8. The van der Waals surface area contributed by atoms with Gasteiger partial charge in [-0.05, 0) is 37.3 Å². The molecule has 5 rings (SSSR count). The molecule has 1 atom stereocenters. The van der Waals surface area contributed by atoms with E-state index < -0.39 is 30.5 Å². The molecule has 34 heavy (non-hydrogen) atoms. The molecule has 1 N–H and O–H groups in total. The summed E-state index contributed by atoms with van der Waals surface area (Å²) >= 11 is 1.22. The van der Waals surface area contributed by atoms with Crippen molar-refractivity contribution in [1.82, 2.24) is 15.1 Å². The lowest BCUT2D eigenvalue weighted by molar-refractivity contribution is -0.137. The lowest BCUT2D eigenvalue weighted by atomic mass is 10.2. The van der Waals surface area contributed by atoms with Crippen LogP contribution in [0.25, 0.3) is 15.9 Å². The number of carbonyl (C=O) groups is 3. The van der Waals surface area contributed by atoms with E-state index in [0.717, 1.165) is 21.6 Å². The SMILES string of the molecule is Cc1nn(-c2ccccc2)c2sc(C(=O)OCC(=O)NC(=O)[C@@H]3COc4ccccc4O3)cc12. The number of nitrogens with one attached hydrogen (secondary N) is 1. The van der Waals surface area contributed by atoms with E-state index >= 15 is 0 Å². The molecular formula is C24H19N3O6S. The average Bonchev–Trinajstić information content (AvgIpc) is 3.43. The van der Waals surface area contributed by atoms with Crippen LogP contribution in [0.4, 0.5) is 0 Å². The lowest BCUT2D eigenvalue weighted by Crippen LogP contribution is -2.47. The number of aromatic nitrogens is 2. The summed E-state index contributed by atoms with van der Waals surface area (Å²) in [7, 11) is 0. The minimum Gasteiger partial charge on any atom is -0.485 e. The number of benzene rings is 2. The van der Waals surface area contributed by atoms with E-state index in [2.05, 4.69) is 10.4 Å². The molecule has 2 aromatic carbocycles. The van der Waals surface area contributed by atoms with Gasteiger partial charge in [0.15, 0.2) is 18.1 Å². The maximum absolute atomic E-state index is 12.5. The molecule has 0 radical (unpaired) electrons. The van der Waals surface area contributed by atoms with E-state index in [1.165, 1.54) is 11.3 Å². The zero-order chi connectivity index (χ0) is 23.7. The summed E-state index contributed by atoms with van der Waals surface area (Å²) in [6.07, 6.45) is -0.985. The van der Waals surface area contributed by atoms with Crippen LogP contribution in [0, 0.1) is 6.92 Å². The third-order valence-electron chi connectivity index (χ3n) is 5.14. The number of hydrogen-bond acceptors (Lipinski definition) is 8. The number of esters is 1. The Morgan fingerprint density at radius 2 is 1.85 bits per heavy atom. The third kappa shape index (κ3) is 4.23. The predicted octanol–water partition coefficient (Wildman–Crippen LogP) is 3.04. The topological polar surface area (TPSA) is 109 Å². The molecule has 2 aromatic heterocycles. The first-order valence-electron chi connectivity index (χ1n) is 10.4.